The largest absolute Gasteiger partial charge is 0.468 e. The van der Waals surface area contributed by atoms with Crippen LogP contribution in [0.5, 0.6) is 6.01 Å². The zero-order chi connectivity index (χ0) is 28.5. The van der Waals surface area contributed by atoms with Gasteiger partial charge in [-0.3, -0.25) is 9.36 Å². The average molecular weight is 578 g/mol. The number of nitrogens with zero attached hydrogens (tertiary/aromatic N) is 2. The fourth-order valence-corrected chi connectivity index (χ4v) is 4.99. The van der Waals surface area contributed by atoms with E-state index in [4.69, 9.17) is 37.4 Å². The van der Waals surface area contributed by atoms with Crippen molar-refractivity contribution in [1.29, 1.82) is 0 Å². The molecule has 2 heterocycles. The van der Waals surface area contributed by atoms with Crippen molar-refractivity contribution in [1.82, 2.24) is 9.55 Å². The minimum atomic E-state index is -1.02. The highest BCUT2D eigenvalue weighted by Crippen LogP contribution is 2.39. The summed E-state index contributed by atoms with van der Waals surface area (Å²) >= 11 is 12.2. The number of hydrogen-bond acceptors (Lipinski definition) is 6. The summed E-state index contributed by atoms with van der Waals surface area (Å²) in [4.78, 5) is 31.3. The highest BCUT2D eigenvalue weighted by atomic mass is 35.5. The minimum absolute atomic E-state index is 0.0282. The standard InChI is InChI=1S/C28H30Cl2FN3O5/c1-6-28(4)14-13-21(38-28)27(2,3)39-25(36)22-23(32-24(35)19-12-7-16(29)15-20(19)30)33-26(37-5)34(22)18-10-8-17(31)9-11-18/h7-12,15,21H,6,13-14H2,1-5H3,(H,32,35). The third kappa shape index (κ3) is 6.05. The Balaban J connectivity index is 1.75. The van der Waals surface area contributed by atoms with Crippen LogP contribution in [0.1, 0.15) is 67.8 Å². The zero-order valence-corrected chi connectivity index (χ0v) is 23.8. The van der Waals surface area contributed by atoms with Crippen molar-refractivity contribution >= 4 is 40.9 Å². The fraction of sp³-hybridized carbons (Fsp3) is 0.393. The van der Waals surface area contributed by atoms with Crippen molar-refractivity contribution < 1.29 is 28.2 Å². The Morgan fingerprint density at radius 1 is 1.23 bits per heavy atom. The second-order valence-electron chi connectivity index (χ2n) is 10.1. The molecule has 2 aromatic carbocycles. The molecule has 0 radical (unpaired) electrons. The summed E-state index contributed by atoms with van der Waals surface area (Å²) in [6.07, 6.45) is 2.02. The first-order valence-electron chi connectivity index (χ1n) is 12.5. The molecule has 2 atom stereocenters. The maximum Gasteiger partial charge on any atom is 0.360 e. The first-order chi connectivity index (χ1) is 18.4. The molecule has 1 aliphatic heterocycles. The Bertz CT molecular complexity index is 1390. The van der Waals surface area contributed by atoms with E-state index in [1.54, 1.807) is 13.8 Å². The maximum atomic E-state index is 13.8. The summed E-state index contributed by atoms with van der Waals surface area (Å²) in [6, 6.07) is 9.75. The molecule has 208 valence electrons. The Labute approximate surface area is 236 Å². The van der Waals surface area contributed by atoms with Gasteiger partial charge in [-0.25, -0.2) is 9.18 Å². The lowest BCUT2D eigenvalue weighted by molar-refractivity contribution is -0.122. The molecule has 8 nitrogen and oxygen atoms in total. The number of benzene rings is 2. The van der Waals surface area contributed by atoms with E-state index in [2.05, 4.69) is 17.2 Å². The van der Waals surface area contributed by atoms with Crippen molar-refractivity contribution in [2.45, 2.75) is 64.3 Å². The number of nitrogens with one attached hydrogen (secondary N) is 1. The lowest BCUT2D eigenvalue weighted by atomic mass is 9.95. The van der Waals surface area contributed by atoms with Crippen molar-refractivity contribution in [2.24, 2.45) is 0 Å². The molecule has 0 aliphatic carbocycles. The average Bonchev–Trinajstić information content (AvgIpc) is 3.46. The molecule has 39 heavy (non-hydrogen) atoms. The van der Waals surface area contributed by atoms with Crippen LogP contribution >= 0.6 is 23.2 Å². The Kier molecular flexibility index (Phi) is 8.25. The second-order valence-corrected chi connectivity index (χ2v) is 11.0. The number of esters is 1. The van der Waals surface area contributed by atoms with E-state index in [0.29, 0.717) is 17.1 Å². The van der Waals surface area contributed by atoms with Crippen LogP contribution in [0, 0.1) is 5.82 Å². The molecule has 3 aromatic rings. The smallest absolute Gasteiger partial charge is 0.360 e. The Hall–Kier alpha value is -3.14. The number of halogens is 3. The monoisotopic (exact) mass is 577 g/mol. The van der Waals surface area contributed by atoms with E-state index in [0.717, 1.165) is 12.8 Å². The van der Waals surface area contributed by atoms with E-state index in [9.17, 15) is 14.0 Å². The molecule has 4 rings (SSSR count). The number of imidazole rings is 1. The van der Waals surface area contributed by atoms with Crippen LogP contribution in [0.25, 0.3) is 5.69 Å². The van der Waals surface area contributed by atoms with Gasteiger partial charge in [0, 0.05) is 5.02 Å². The molecule has 2 unspecified atom stereocenters. The molecule has 1 N–H and O–H groups in total. The molecule has 0 spiro atoms. The SMILES string of the molecule is CCC1(C)CCC(C(C)(C)OC(=O)c2c(NC(=O)c3ccc(Cl)cc3Cl)nc(OC)n2-c2ccc(F)cc2)O1. The van der Waals surface area contributed by atoms with Gasteiger partial charge in [0.25, 0.3) is 5.91 Å². The number of amides is 1. The first-order valence-corrected chi connectivity index (χ1v) is 13.2. The van der Waals surface area contributed by atoms with E-state index in [1.165, 1.54) is 54.1 Å². The highest BCUT2D eigenvalue weighted by Gasteiger charge is 2.45. The van der Waals surface area contributed by atoms with Gasteiger partial charge >= 0.3 is 12.0 Å². The van der Waals surface area contributed by atoms with Crippen LogP contribution in [0.4, 0.5) is 10.2 Å². The Morgan fingerprint density at radius 3 is 2.51 bits per heavy atom. The number of anilines is 1. The predicted molar refractivity (Wildman–Crippen MR) is 147 cm³/mol. The van der Waals surface area contributed by atoms with Crippen LogP contribution in [0.2, 0.25) is 10.0 Å². The molecule has 1 saturated heterocycles. The second kappa shape index (κ2) is 11.2. The molecule has 11 heteroatoms. The van der Waals surface area contributed by atoms with Gasteiger partial charge in [-0.15, -0.1) is 0 Å². The molecular weight excluding hydrogens is 548 g/mol. The van der Waals surface area contributed by atoms with E-state index in [1.807, 2.05) is 6.92 Å². The van der Waals surface area contributed by atoms with Crippen LogP contribution in [-0.4, -0.2) is 45.8 Å². The number of ether oxygens (including phenoxy) is 3. The number of aromatic nitrogens is 2. The van der Waals surface area contributed by atoms with Gasteiger partial charge in [0.05, 0.1) is 35.1 Å². The molecular formula is C28H30Cl2FN3O5. The van der Waals surface area contributed by atoms with Gasteiger partial charge in [0.15, 0.2) is 11.5 Å². The number of hydrogen-bond donors (Lipinski definition) is 1. The number of carbonyl (C=O) groups excluding carboxylic acids is 2. The lowest BCUT2D eigenvalue weighted by Crippen LogP contribution is -2.42. The van der Waals surface area contributed by atoms with Gasteiger partial charge < -0.3 is 19.5 Å². The maximum absolute atomic E-state index is 13.8. The quantitative estimate of drug-likeness (QED) is 0.294. The highest BCUT2D eigenvalue weighted by molar-refractivity contribution is 6.37. The fourth-order valence-electron chi connectivity index (χ4n) is 4.49. The van der Waals surface area contributed by atoms with Crippen molar-refractivity contribution in [3.8, 4) is 11.7 Å². The normalized spacial score (nSPS) is 19.1. The first kappa shape index (κ1) is 28.9. The summed E-state index contributed by atoms with van der Waals surface area (Å²) in [6.45, 7) is 7.64. The minimum Gasteiger partial charge on any atom is -0.468 e. The van der Waals surface area contributed by atoms with Crippen LogP contribution < -0.4 is 10.1 Å². The van der Waals surface area contributed by atoms with Crippen LogP contribution in [0.3, 0.4) is 0 Å². The molecule has 1 fully saturated rings. The van der Waals surface area contributed by atoms with Gasteiger partial charge in [-0.05, 0) is 82.5 Å². The predicted octanol–water partition coefficient (Wildman–Crippen LogP) is 6.86. The summed E-state index contributed by atoms with van der Waals surface area (Å²) in [7, 11) is 1.36. The van der Waals surface area contributed by atoms with Crippen molar-refractivity contribution in [3.63, 3.8) is 0 Å². The van der Waals surface area contributed by atoms with Gasteiger partial charge in [0.2, 0.25) is 0 Å². The van der Waals surface area contributed by atoms with E-state index < -0.39 is 23.3 Å². The van der Waals surface area contributed by atoms with Crippen molar-refractivity contribution in [3.05, 3.63) is 69.6 Å². The number of carbonyl (C=O) groups is 2. The zero-order valence-electron chi connectivity index (χ0n) is 22.3. The molecule has 1 aliphatic rings. The summed E-state index contributed by atoms with van der Waals surface area (Å²) in [5.41, 5.74) is -0.956. The van der Waals surface area contributed by atoms with Gasteiger partial charge in [-0.1, -0.05) is 30.1 Å². The van der Waals surface area contributed by atoms with Crippen LogP contribution in [0.15, 0.2) is 42.5 Å². The summed E-state index contributed by atoms with van der Waals surface area (Å²) in [5.74, 6) is -2.01. The molecule has 1 aromatic heterocycles. The molecule has 0 saturated carbocycles. The van der Waals surface area contributed by atoms with Gasteiger partial charge in [-0.2, -0.15) is 4.98 Å². The number of rotatable bonds is 8. The summed E-state index contributed by atoms with van der Waals surface area (Å²) in [5, 5.41) is 3.12. The lowest BCUT2D eigenvalue weighted by Gasteiger charge is -2.33. The number of methoxy groups -OCH3 is 1. The molecule has 0 bridgehead atoms. The molecule has 1 amide bonds. The van der Waals surface area contributed by atoms with Crippen LogP contribution in [-0.2, 0) is 9.47 Å². The topological polar surface area (TPSA) is 91.7 Å². The van der Waals surface area contributed by atoms with E-state index >= 15 is 0 Å². The Morgan fingerprint density at radius 2 is 1.92 bits per heavy atom. The van der Waals surface area contributed by atoms with Crippen molar-refractivity contribution in [2.75, 3.05) is 12.4 Å². The van der Waals surface area contributed by atoms with Gasteiger partial charge in [0.1, 0.15) is 11.4 Å². The third-order valence-corrected chi connectivity index (χ3v) is 7.50. The third-order valence-electron chi connectivity index (χ3n) is 6.96. The summed E-state index contributed by atoms with van der Waals surface area (Å²) < 4.78 is 32.8. The van der Waals surface area contributed by atoms with E-state index in [-0.39, 0.29) is 39.8 Å².